The Morgan fingerprint density at radius 1 is 1.35 bits per heavy atom. The lowest BCUT2D eigenvalue weighted by atomic mass is 9.97. The van der Waals surface area contributed by atoms with Gasteiger partial charge in [-0.25, -0.2) is 0 Å². The Kier molecular flexibility index (Phi) is 4.55. The lowest BCUT2D eigenvalue weighted by Gasteiger charge is -2.30. The predicted octanol–water partition coefficient (Wildman–Crippen LogP) is 1.01. The molecule has 0 spiro atoms. The molecule has 2 heterocycles. The lowest BCUT2D eigenvalue weighted by molar-refractivity contribution is -0.145. The second-order valence-corrected chi connectivity index (χ2v) is 4.99. The minimum Gasteiger partial charge on any atom is -0.481 e. The summed E-state index contributed by atoms with van der Waals surface area (Å²) in [6.07, 6.45) is 3.90. The van der Waals surface area contributed by atoms with Crippen LogP contribution in [0.3, 0.4) is 0 Å². The maximum atomic E-state index is 12.0. The molecule has 2 rings (SSSR count). The normalized spacial score (nSPS) is 16.1. The Hall–Kier alpha value is -2.11. The topological polar surface area (TPSA) is 79.6 Å². The van der Waals surface area contributed by atoms with Crippen molar-refractivity contribution in [1.29, 1.82) is 0 Å². The minimum atomic E-state index is -0.778. The molecule has 6 heteroatoms. The number of carboxylic acids is 1. The zero-order valence-electron chi connectivity index (χ0n) is 11.2. The maximum Gasteiger partial charge on any atom is 0.306 e. The Morgan fingerprint density at radius 3 is 2.65 bits per heavy atom. The first kappa shape index (κ1) is 14.3. The van der Waals surface area contributed by atoms with Gasteiger partial charge in [0.2, 0.25) is 5.91 Å². The molecule has 0 saturated carbocycles. The first-order chi connectivity index (χ1) is 9.61. The van der Waals surface area contributed by atoms with Crippen molar-refractivity contribution < 1.29 is 19.5 Å². The fourth-order valence-corrected chi connectivity index (χ4v) is 2.49. The summed E-state index contributed by atoms with van der Waals surface area (Å²) in [4.78, 5) is 35.4. The molecular formula is C14H18N2O4. The average molecular weight is 278 g/mol. The number of aliphatic carboxylic acids is 1. The van der Waals surface area contributed by atoms with Gasteiger partial charge in [-0.15, -0.1) is 0 Å². The van der Waals surface area contributed by atoms with Crippen molar-refractivity contribution in [3.05, 3.63) is 24.0 Å². The largest absolute Gasteiger partial charge is 0.481 e. The summed E-state index contributed by atoms with van der Waals surface area (Å²) in [5.74, 6) is -1.09. The molecule has 1 aromatic rings. The Morgan fingerprint density at radius 2 is 2.05 bits per heavy atom. The summed E-state index contributed by atoms with van der Waals surface area (Å²) in [6, 6.07) is 3.47. The molecule has 1 aliphatic heterocycles. The van der Waals surface area contributed by atoms with E-state index in [1.165, 1.54) is 0 Å². The van der Waals surface area contributed by atoms with E-state index in [0.717, 1.165) is 6.29 Å². The highest BCUT2D eigenvalue weighted by Crippen LogP contribution is 2.18. The Bertz CT molecular complexity index is 501. The van der Waals surface area contributed by atoms with Crippen molar-refractivity contribution in [3.8, 4) is 0 Å². The van der Waals surface area contributed by atoms with Crippen LogP contribution in [0.4, 0.5) is 0 Å². The number of aldehydes is 1. The van der Waals surface area contributed by atoms with Crippen molar-refractivity contribution in [2.45, 2.75) is 25.8 Å². The Labute approximate surface area is 117 Å². The van der Waals surface area contributed by atoms with E-state index in [-0.39, 0.29) is 11.8 Å². The number of hydrogen-bond donors (Lipinski definition) is 1. The number of carbonyl (C=O) groups excluding carboxylic acids is 2. The van der Waals surface area contributed by atoms with Gasteiger partial charge >= 0.3 is 5.97 Å². The third-order valence-electron chi connectivity index (χ3n) is 3.75. The summed E-state index contributed by atoms with van der Waals surface area (Å²) in [6.45, 7) is 1.47. The number of carboxylic acid groups (broad SMARTS) is 1. The number of nitrogens with zero attached hydrogens (tertiary/aromatic N) is 2. The molecule has 6 nitrogen and oxygen atoms in total. The summed E-state index contributed by atoms with van der Waals surface area (Å²) in [7, 11) is 0. The van der Waals surface area contributed by atoms with Crippen molar-refractivity contribution in [2.75, 3.05) is 13.1 Å². The molecule has 0 bridgehead atoms. The maximum absolute atomic E-state index is 12.0. The number of carbonyl (C=O) groups is 3. The van der Waals surface area contributed by atoms with Crippen LogP contribution in [-0.2, 0) is 16.1 Å². The molecule has 1 fully saturated rings. The molecule has 1 amide bonds. The molecule has 0 unspecified atom stereocenters. The van der Waals surface area contributed by atoms with Crippen LogP contribution in [0.5, 0.6) is 0 Å². The van der Waals surface area contributed by atoms with Crippen LogP contribution in [0.2, 0.25) is 0 Å². The zero-order chi connectivity index (χ0) is 14.5. The molecule has 0 atom stereocenters. The van der Waals surface area contributed by atoms with Gasteiger partial charge in [-0.2, -0.15) is 0 Å². The minimum absolute atomic E-state index is 0.0133. The van der Waals surface area contributed by atoms with Crippen LogP contribution in [0.25, 0.3) is 0 Å². The van der Waals surface area contributed by atoms with Gasteiger partial charge in [0.1, 0.15) is 0 Å². The number of piperidine rings is 1. The van der Waals surface area contributed by atoms with E-state index in [1.54, 1.807) is 27.8 Å². The third-order valence-corrected chi connectivity index (χ3v) is 3.75. The number of likely N-dealkylation sites (tertiary alicyclic amines) is 1. The number of amides is 1. The molecule has 108 valence electrons. The number of aryl methyl sites for hydroxylation is 1. The van der Waals surface area contributed by atoms with E-state index in [9.17, 15) is 14.4 Å². The van der Waals surface area contributed by atoms with Crippen LogP contribution in [-0.4, -0.2) is 45.8 Å². The van der Waals surface area contributed by atoms with E-state index in [0.29, 0.717) is 44.6 Å². The second kappa shape index (κ2) is 6.36. The number of hydrogen-bond acceptors (Lipinski definition) is 3. The van der Waals surface area contributed by atoms with E-state index in [2.05, 4.69) is 0 Å². The molecule has 1 aliphatic rings. The smallest absolute Gasteiger partial charge is 0.306 e. The average Bonchev–Trinajstić information content (AvgIpc) is 2.92. The summed E-state index contributed by atoms with van der Waals surface area (Å²) >= 11 is 0. The highest BCUT2D eigenvalue weighted by molar-refractivity contribution is 5.77. The fraction of sp³-hybridized carbons (Fsp3) is 0.500. The lowest BCUT2D eigenvalue weighted by Crippen LogP contribution is -2.40. The van der Waals surface area contributed by atoms with Gasteiger partial charge in [-0.05, 0) is 25.0 Å². The van der Waals surface area contributed by atoms with Gasteiger partial charge < -0.3 is 14.6 Å². The molecule has 20 heavy (non-hydrogen) atoms. The van der Waals surface area contributed by atoms with Crippen molar-refractivity contribution >= 4 is 18.2 Å². The number of rotatable bonds is 5. The summed E-state index contributed by atoms with van der Waals surface area (Å²) in [5, 5.41) is 8.91. The van der Waals surface area contributed by atoms with Crippen molar-refractivity contribution in [3.63, 3.8) is 0 Å². The van der Waals surface area contributed by atoms with E-state index in [4.69, 9.17) is 5.11 Å². The van der Waals surface area contributed by atoms with Gasteiger partial charge in [-0.1, -0.05) is 0 Å². The van der Waals surface area contributed by atoms with Crippen molar-refractivity contribution in [2.24, 2.45) is 5.92 Å². The van der Waals surface area contributed by atoms with Gasteiger partial charge in [0.15, 0.2) is 6.29 Å². The van der Waals surface area contributed by atoms with Crippen LogP contribution in [0, 0.1) is 5.92 Å². The van der Waals surface area contributed by atoms with E-state index >= 15 is 0 Å². The summed E-state index contributed by atoms with van der Waals surface area (Å²) < 4.78 is 1.74. The first-order valence-corrected chi connectivity index (χ1v) is 6.72. The van der Waals surface area contributed by atoms with Gasteiger partial charge in [0, 0.05) is 32.3 Å². The van der Waals surface area contributed by atoms with Crippen LogP contribution in [0.1, 0.15) is 29.8 Å². The third kappa shape index (κ3) is 3.26. The van der Waals surface area contributed by atoms with Crippen LogP contribution < -0.4 is 0 Å². The molecule has 0 aromatic carbocycles. The second-order valence-electron chi connectivity index (χ2n) is 4.99. The quantitative estimate of drug-likeness (QED) is 0.815. The molecule has 1 N–H and O–H groups in total. The van der Waals surface area contributed by atoms with Gasteiger partial charge in [-0.3, -0.25) is 14.4 Å². The molecule has 1 saturated heterocycles. The standard InChI is InChI=1S/C14H18N2O4/c17-10-12-2-1-6-15(12)9-5-13(18)16-7-3-11(4-8-16)14(19)20/h1-2,6,10-11H,3-5,7-9H2,(H,19,20). The molecule has 0 aliphatic carbocycles. The zero-order valence-corrected chi connectivity index (χ0v) is 11.2. The molecule has 1 aromatic heterocycles. The Balaban J connectivity index is 1.81. The number of aromatic nitrogens is 1. The molecule has 0 radical (unpaired) electrons. The summed E-state index contributed by atoms with van der Waals surface area (Å²) in [5.41, 5.74) is 0.558. The fourth-order valence-electron chi connectivity index (χ4n) is 2.49. The molecular weight excluding hydrogens is 260 g/mol. The van der Waals surface area contributed by atoms with Crippen LogP contribution in [0.15, 0.2) is 18.3 Å². The highest BCUT2D eigenvalue weighted by Gasteiger charge is 2.26. The highest BCUT2D eigenvalue weighted by atomic mass is 16.4. The van der Waals surface area contributed by atoms with E-state index in [1.807, 2.05) is 0 Å². The van der Waals surface area contributed by atoms with Crippen LogP contribution >= 0.6 is 0 Å². The monoisotopic (exact) mass is 278 g/mol. The predicted molar refractivity (Wildman–Crippen MR) is 71.4 cm³/mol. The first-order valence-electron chi connectivity index (χ1n) is 6.72. The van der Waals surface area contributed by atoms with Crippen molar-refractivity contribution in [1.82, 2.24) is 9.47 Å². The van der Waals surface area contributed by atoms with Gasteiger partial charge in [0.25, 0.3) is 0 Å². The SMILES string of the molecule is O=Cc1cccn1CCC(=O)N1CCC(C(=O)O)CC1. The van der Waals surface area contributed by atoms with Gasteiger partial charge in [0.05, 0.1) is 11.6 Å². The van der Waals surface area contributed by atoms with E-state index < -0.39 is 5.97 Å².